The standard InChI is InChI=1S/C25H34N2O4/c1-19(2)11-13-31-23-10-9-21(15-24(23)29-3)25(28)26-16-22-18-27(12-14-30-22)17-20-7-5-4-6-8-20/h4-10,15,19,22H,11-14,16-18H2,1-3H3,(H,26,28). The number of benzene rings is 2. The van der Waals surface area contributed by atoms with Gasteiger partial charge in [-0.3, -0.25) is 9.69 Å². The molecular formula is C25H34N2O4. The van der Waals surface area contributed by atoms with Crippen LogP contribution in [0.2, 0.25) is 0 Å². The highest BCUT2D eigenvalue weighted by molar-refractivity contribution is 5.94. The van der Waals surface area contributed by atoms with Crippen LogP contribution in [0.15, 0.2) is 48.5 Å². The highest BCUT2D eigenvalue weighted by Gasteiger charge is 2.21. The van der Waals surface area contributed by atoms with Crippen molar-refractivity contribution in [2.24, 2.45) is 5.92 Å². The number of morpholine rings is 1. The van der Waals surface area contributed by atoms with Crippen molar-refractivity contribution in [1.82, 2.24) is 10.2 Å². The number of hydrogen-bond donors (Lipinski definition) is 1. The van der Waals surface area contributed by atoms with E-state index in [4.69, 9.17) is 14.2 Å². The summed E-state index contributed by atoms with van der Waals surface area (Å²) in [6.07, 6.45) is 0.940. The number of carbonyl (C=O) groups is 1. The van der Waals surface area contributed by atoms with Crippen LogP contribution in [0.25, 0.3) is 0 Å². The smallest absolute Gasteiger partial charge is 0.251 e. The van der Waals surface area contributed by atoms with Crippen molar-refractivity contribution in [2.75, 3.05) is 40.0 Å². The maximum atomic E-state index is 12.7. The lowest BCUT2D eigenvalue weighted by atomic mass is 10.1. The summed E-state index contributed by atoms with van der Waals surface area (Å²) in [5, 5.41) is 2.99. The lowest BCUT2D eigenvalue weighted by Crippen LogP contribution is -2.47. The van der Waals surface area contributed by atoms with Crippen LogP contribution in [0.1, 0.15) is 36.2 Å². The monoisotopic (exact) mass is 426 g/mol. The van der Waals surface area contributed by atoms with Gasteiger partial charge in [-0.1, -0.05) is 44.2 Å². The largest absolute Gasteiger partial charge is 0.493 e. The molecule has 0 radical (unpaired) electrons. The molecule has 0 spiro atoms. The predicted molar refractivity (Wildman–Crippen MR) is 122 cm³/mol. The van der Waals surface area contributed by atoms with Crippen molar-refractivity contribution in [1.29, 1.82) is 0 Å². The van der Waals surface area contributed by atoms with Crippen molar-refractivity contribution in [3.8, 4) is 11.5 Å². The molecule has 6 heteroatoms. The van der Waals surface area contributed by atoms with E-state index in [0.717, 1.165) is 26.1 Å². The van der Waals surface area contributed by atoms with Crippen molar-refractivity contribution in [2.45, 2.75) is 32.9 Å². The Balaban J connectivity index is 1.50. The third-order valence-corrected chi connectivity index (χ3v) is 5.34. The lowest BCUT2D eigenvalue weighted by molar-refractivity contribution is -0.0292. The molecule has 2 aromatic rings. The Morgan fingerprint density at radius 3 is 2.74 bits per heavy atom. The normalized spacial score (nSPS) is 16.8. The molecule has 1 fully saturated rings. The van der Waals surface area contributed by atoms with Gasteiger partial charge in [-0.05, 0) is 36.1 Å². The molecule has 168 valence electrons. The molecule has 0 aromatic heterocycles. The van der Waals surface area contributed by atoms with Crippen LogP contribution in [-0.4, -0.2) is 56.9 Å². The summed E-state index contributed by atoms with van der Waals surface area (Å²) in [5.41, 5.74) is 1.83. The topological polar surface area (TPSA) is 60.0 Å². The highest BCUT2D eigenvalue weighted by Crippen LogP contribution is 2.28. The van der Waals surface area contributed by atoms with E-state index < -0.39 is 0 Å². The van der Waals surface area contributed by atoms with E-state index in [1.54, 1.807) is 25.3 Å². The highest BCUT2D eigenvalue weighted by atomic mass is 16.5. The van der Waals surface area contributed by atoms with E-state index in [9.17, 15) is 4.79 Å². The van der Waals surface area contributed by atoms with Crippen molar-refractivity contribution in [3.63, 3.8) is 0 Å². The molecule has 0 aliphatic carbocycles. The van der Waals surface area contributed by atoms with Gasteiger partial charge in [-0.25, -0.2) is 0 Å². The van der Waals surface area contributed by atoms with Gasteiger partial charge in [-0.2, -0.15) is 0 Å². The second-order valence-corrected chi connectivity index (χ2v) is 8.32. The number of nitrogens with zero attached hydrogens (tertiary/aromatic N) is 1. The molecule has 31 heavy (non-hydrogen) atoms. The first-order valence-electron chi connectivity index (χ1n) is 11.0. The molecule has 0 saturated carbocycles. The average molecular weight is 427 g/mol. The van der Waals surface area contributed by atoms with Gasteiger partial charge in [0.15, 0.2) is 11.5 Å². The van der Waals surface area contributed by atoms with E-state index in [0.29, 0.717) is 42.7 Å². The van der Waals surface area contributed by atoms with E-state index in [-0.39, 0.29) is 12.0 Å². The van der Waals surface area contributed by atoms with Gasteiger partial charge in [0.25, 0.3) is 5.91 Å². The SMILES string of the molecule is COc1cc(C(=O)NCC2CN(Cc3ccccc3)CCO2)ccc1OCCC(C)C. The summed E-state index contributed by atoms with van der Waals surface area (Å²) in [6.45, 7) is 8.66. The summed E-state index contributed by atoms with van der Waals surface area (Å²) in [7, 11) is 1.59. The molecule has 1 aliphatic rings. The molecule has 1 N–H and O–H groups in total. The van der Waals surface area contributed by atoms with Crippen LogP contribution in [0.5, 0.6) is 11.5 Å². The molecule has 1 amide bonds. The van der Waals surface area contributed by atoms with Gasteiger partial charge in [-0.15, -0.1) is 0 Å². The van der Waals surface area contributed by atoms with Crippen LogP contribution in [0, 0.1) is 5.92 Å². The van der Waals surface area contributed by atoms with Crippen LogP contribution in [0.4, 0.5) is 0 Å². The minimum Gasteiger partial charge on any atom is -0.493 e. The van der Waals surface area contributed by atoms with E-state index in [2.05, 4.69) is 48.3 Å². The molecule has 0 bridgehead atoms. The molecule has 2 aromatic carbocycles. The summed E-state index contributed by atoms with van der Waals surface area (Å²) in [6, 6.07) is 15.7. The van der Waals surface area contributed by atoms with Gasteiger partial charge in [0.1, 0.15) is 0 Å². The first-order valence-corrected chi connectivity index (χ1v) is 11.0. The lowest BCUT2D eigenvalue weighted by Gasteiger charge is -2.33. The zero-order chi connectivity index (χ0) is 22.1. The quantitative estimate of drug-likeness (QED) is 0.627. The van der Waals surface area contributed by atoms with Gasteiger partial charge >= 0.3 is 0 Å². The Bertz CT molecular complexity index is 826. The number of methoxy groups -OCH3 is 1. The number of amides is 1. The van der Waals surface area contributed by atoms with E-state index in [1.165, 1.54) is 5.56 Å². The molecule has 1 heterocycles. The number of rotatable bonds is 10. The molecule has 1 atom stereocenters. The Labute approximate surface area is 185 Å². The van der Waals surface area contributed by atoms with Crippen LogP contribution >= 0.6 is 0 Å². The Morgan fingerprint density at radius 1 is 1.19 bits per heavy atom. The summed E-state index contributed by atoms with van der Waals surface area (Å²) >= 11 is 0. The van der Waals surface area contributed by atoms with Crippen LogP contribution < -0.4 is 14.8 Å². The van der Waals surface area contributed by atoms with E-state index in [1.807, 2.05) is 6.07 Å². The second-order valence-electron chi connectivity index (χ2n) is 8.32. The fourth-order valence-corrected chi connectivity index (χ4v) is 3.53. The third kappa shape index (κ3) is 7.26. The second kappa shape index (κ2) is 11.7. The van der Waals surface area contributed by atoms with E-state index >= 15 is 0 Å². The fraction of sp³-hybridized carbons (Fsp3) is 0.480. The summed E-state index contributed by atoms with van der Waals surface area (Å²) in [5.74, 6) is 1.66. The third-order valence-electron chi connectivity index (χ3n) is 5.34. The molecular weight excluding hydrogens is 392 g/mol. The minimum absolute atomic E-state index is 0.0260. The number of ether oxygens (including phenoxy) is 3. The van der Waals surface area contributed by atoms with Gasteiger partial charge in [0, 0.05) is 31.7 Å². The number of carbonyl (C=O) groups excluding carboxylic acids is 1. The van der Waals surface area contributed by atoms with Crippen molar-refractivity contribution < 1.29 is 19.0 Å². The Morgan fingerprint density at radius 2 is 2.00 bits per heavy atom. The van der Waals surface area contributed by atoms with Crippen molar-refractivity contribution >= 4 is 5.91 Å². The molecule has 3 rings (SSSR count). The van der Waals surface area contributed by atoms with Gasteiger partial charge in [0.05, 0.1) is 26.4 Å². The zero-order valence-electron chi connectivity index (χ0n) is 18.8. The van der Waals surface area contributed by atoms with Gasteiger partial charge < -0.3 is 19.5 Å². The molecule has 1 saturated heterocycles. The molecule has 1 unspecified atom stereocenters. The Kier molecular flexibility index (Phi) is 8.74. The first kappa shape index (κ1) is 23.1. The minimum atomic E-state index is -0.143. The number of hydrogen-bond acceptors (Lipinski definition) is 5. The van der Waals surface area contributed by atoms with Gasteiger partial charge in [0.2, 0.25) is 0 Å². The van der Waals surface area contributed by atoms with Crippen LogP contribution in [-0.2, 0) is 11.3 Å². The van der Waals surface area contributed by atoms with Crippen LogP contribution in [0.3, 0.4) is 0 Å². The van der Waals surface area contributed by atoms with Crippen molar-refractivity contribution in [3.05, 3.63) is 59.7 Å². The predicted octanol–water partition coefficient (Wildman–Crippen LogP) is 3.75. The maximum Gasteiger partial charge on any atom is 0.251 e. The number of nitrogens with one attached hydrogen (secondary N) is 1. The average Bonchev–Trinajstić information content (AvgIpc) is 2.78. The summed E-state index contributed by atoms with van der Waals surface area (Å²) in [4.78, 5) is 15.0. The molecule has 1 aliphatic heterocycles. The maximum absolute atomic E-state index is 12.7. The molecule has 6 nitrogen and oxygen atoms in total. The fourth-order valence-electron chi connectivity index (χ4n) is 3.53. The summed E-state index contributed by atoms with van der Waals surface area (Å²) < 4.78 is 17.1. The zero-order valence-corrected chi connectivity index (χ0v) is 18.8. The first-order chi connectivity index (χ1) is 15.0. The Hall–Kier alpha value is -2.57.